The first-order valence-electron chi connectivity index (χ1n) is 8.07. The van der Waals surface area contributed by atoms with E-state index in [1.54, 1.807) is 0 Å². The molecule has 2 N–H and O–H groups in total. The van der Waals surface area contributed by atoms with Crippen LogP contribution in [0.25, 0.3) is 21.3 Å². The van der Waals surface area contributed by atoms with Gasteiger partial charge in [-0.2, -0.15) is 0 Å². The number of hydrogen-bond acceptors (Lipinski definition) is 4. The first kappa shape index (κ1) is 17.6. The van der Waals surface area contributed by atoms with Gasteiger partial charge in [-0.3, -0.25) is 9.59 Å². The van der Waals surface area contributed by atoms with E-state index in [1.165, 1.54) is 11.3 Å². The van der Waals surface area contributed by atoms with Crippen LogP contribution < -0.4 is 10.6 Å². The molecule has 0 saturated heterocycles. The van der Waals surface area contributed by atoms with Gasteiger partial charge in [0.2, 0.25) is 11.8 Å². The third-order valence-electron chi connectivity index (χ3n) is 3.69. The van der Waals surface area contributed by atoms with Crippen LogP contribution in [0.15, 0.2) is 48.5 Å². The topological polar surface area (TPSA) is 71.1 Å². The smallest absolute Gasteiger partial charge is 0.240 e. The van der Waals surface area contributed by atoms with Crippen molar-refractivity contribution in [2.45, 2.75) is 6.42 Å². The molecule has 2 aromatic carbocycles. The fraction of sp³-hybridized carbons (Fsp3) is 0.150. The lowest BCUT2D eigenvalue weighted by Gasteiger charge is -2.03. The van der Waals surface area contributed by atoms with Gasteiger partial charge in [-0.05, 0) is 23.3 Å². The summed E-state index contributed by atoms with van der Waals surface area (Å²) in [6.45, 7) is 0.0554. The van der Waals surface area contributed by atoms with E-state index in [0.29, 0.717) is 5.01 Å². The van der Waals surface area contributed by atoms with Gasteiger partial charge in [-0.1, -0.05) is 42.3 Å². The lowest BCUT2D eigenvalue weighted by Crippen LogP contribution is -2.37. The molecule has 3 rings (SSSR count). The van der Waals surface area contributed by atoms with Gasteiger partial charge >= 0.3 is 0 Å². The molecule has 0 bridgehead atoms. The normalized spacial score (nSPS) is 10.3. The largest absolute Gasteiger partial charge is 0.347 e. The van der Waals surface area contributed by atoms with Crippen LogP contribution in [0.2, 0.25) is 0 Å². The SMILES string of the molecule is C#CCNC(=O)CNC(=O)Cc1nc2ccc(-c3ccccc3)cc2s1. The van der Waals surface area contributed by atoms with Crippen LogP contribution in [0.3, 0.4) is 0 Å². The summed E-state index contributed by atoms with van der Waals surface area (Å²) in [6, 6.07) is 16.2. The number of carbonyl (C=O) groups excluding carboxylic acids is 2. The van der Waals surface area contributed by atoms with E-state index in [0.717, 1.165) is 21.3 Å². The highest BCUT2D eigenvalue weighted by Gasteiger charge is 2.11. The molecule has 0 aliphatic heterocycles. The average Bonchev–Trinajstić information content (AvgIpc) is 3.06. The highest BCUT2D eigenvalue weighted by molar-refractivity contribution is 7.18. The van der Waals surface area contributed by atoms with Crippen molar-refractivity contribution in [3.63, 3.8) is 0 Å². The van der Waals surface area contributed by atoms with E-state index in [9.17, 15) is 9.59 Å². The Balaban J connectivity index is 1.65. The Kier molecular flexibility index (Phi) is 5.62. The van der Waals surface area contributed by atoms with Crippen LogP contribution >= 0.6 is 11.3 Å². The molecule has 26 heavy (non-hydrogen) atoms. The zero-order chi connectivity index (χ0) is 18.4. The van der Waals surface area contributed by atoms with Gasteiger partial charge in [0, 0.05) is 0 Å². The minimum Gasteiger partial charge on any atom is -0.347 e. The predicted octanol–water partition coefficient (Wildman–Crippen LogP) is 2.37. The van der Waals surface area contributed by atoms with Gasteiger partial charge in [0.1, 0.15) is 5.01 Å². The van der Waals surface area contributed by atoms with Crippen molar-refractivity contribution in [1.82, 2.24) is 15.6 Å². The number of terminal acetylenes is 1. The third kappa shape index (κ3) is 4.47. The molecule has 3 aromatic rings. The van der Waals surface area contributed by atoms with E-state index in [-0.39, 0.29) is 31.3 Å². The van der Waals surface area contributed by atoms with Crippen molar-refractivity contribution in [2.24, 2.45) is 0 Å². The summed E-state index contributed by atoms with van der Waals surface area (Å²) in [7, 11) is 0. The number of carbonyl (C=O) groups is 2. The van der Waals surface area contributed by atoms with E-state index >= 15 is 0 Å². The van der Waals surface area contributed by atoms with Gasteiger partial charge in [-0.25, -0.2) is 4.98 Å². The molecule has 5 nitrogen and oxygen atoms in total. The summed E-state index contributed by atoms with van der Waals surface area (Å²) in [4.78, 5) is 27.9. The highest BCUT2D eigenvalue weighted by Crippen LogP contribution is 2.28. The van der Waals surface area contributed by atoms with Crippen LogP contribution in [0.4, 0.5) is 0 Å². The number of thiazole rings is 1. The van der Waals surface area contributed by atoms with Gasteiger partial charge in [0.15, 0.2) is 0 Å². The molecule has 1 heterocycles. The summed E-state index contributed by atoms with van der Waals surface area (Å²) in [5.41, 5.74) is 3.12. The summed E-state index contributed by atoms with van der Waals surface area (Å²) < 4.78 is 1.03. The molecular weight excluding hydrogens is 346 g/mol. The monoisotopic (exact) mass is 363 g/mol. The number of nitrogens with zero attached hydrogens (tertiary/aromatic N) is 1. The zero-order valence-electron chi connectivity index (χ0n) is 14.0. The second-order valence-electron chi connectivity index (χ2n) is 5.59. The number of amides is 2. The fourth-order valence-corrected chi connectivity index (χ4v) is 3.45. The van der Waals surface area contributed by atoms with Crippen LogP contribution in [0, 0.1) is 12.3 Å². The predicted molar refractivity (Wildman–Crippen MR) is 104 cm³/mol. The number of hydrogen-bond donors (Lipinski definition) is 2. The van der Waals surface area contributed by atoms with Gasteiger partial charge in [0.05, 0.1) is 29.7 Å². The van der Waals surface area contributed by atoms with Gasteiger partial charge < -0.3 is 10.6 Å². The molecule has 0 fully saturated rings. The zero-order valence-corrected chi connectivity index (χ0v) is 14.8. The number of nitrogens with one attached hydrogen (secondary N) is 2. The van der Waals surface area contributed by atoms with Crippen molar-refractivity contribution >= 4 is 33.4 Å². The third-order valence-corrected chi connectivity index (χ3v) is 4.70. The summed E-state index contributed by atoms with van der Waals surface area (Å²) in [6.07, 6.45) is 5.20. The fourth-order valence-electron chi connectivity index (χ4n) is 2.45. The molecular formula is C20H17N3O2S. The highest BCUT2D eigenvalue weighted by atomic mass is 32.1. The van der Waals surface area contributed by atoms with Crippen LogP contribution in [0.1, 0.15) is 5.01 Å². The van der Waals surface area contributed by atoms with E-state index in [4.69, 9.17) is 6.42 Å². The molecule has 0 radical (unpaired) electrons. The second-order valence-corrected chi connectivity index (χ2v) is 6.71. The quantitative estimate of drug-likeness (QED) is 0.661. The summed E-state index contributed by atoms with van der Waals surface area (Å²) in [5.74, 6) is 1.75. The van der Waals surface area contributed by atoms with Crippen LogP contribution in [0.5, 0.6) is 0 Å². The Morgan fingerprint density at radius 3 is 2.62 bits per heavy atom. The molecule has 0 aliphatic carbocycles. The Labute approximate surface area is 155 Å². The molecule has 0 aliphatic rings. The number of fused-ring (bicyclic) bond motifs is 1. The molecule has 0 atom stereocenters. The molecule has 0 saturated carbocycles. The maximum atomic E-state index is 12.0. The van der Waals surface area contributed by atoms with E-state index in [2.05, 4.69) is 39.7 Å². The Morgan fingerprint density at radius 2 is 1.85 bits per heavy atom. The Bertz CT molecular complexity index is 974. The summed E-state index contributed by atoms with van der Waals surface area (Å²) in [5, 5.41) is 5.78. The van der Waals surface area contributed by atoms with Crippen molar-refractivity contribution < 1.29 is 9.59 Å². The van der Waals surface area contributed by atoms with Crippen molar-refractivity contribution in [3.8, 4) is 23.5 Å². The minimum absolute atomic E-state index is 0.0937. The van der Waals surface area contributed by atoms with Crippen molar-refractivity contribution in [1.29, 1.82) is 0 Å². The lowest BCUT2D eigenvalue weighted by molar-refractivity contribution is -0.125. The van der Waals surface area contributed by atoms with Gasteiger partial charge in [0.25, 0.3) is 0 Å². The molecule has 0 unspecified atom stereocenters. The number of aromatic nitrogens is 1. The molecule has 0 spiro atoms. The first-order valence-corrected chi connectivity index (χ1v) is 8.89. The summed E-state index contributed by atoms with van der Waals surface area (Å²) >= 11 is 1.48. The molecule has 2 amide bonds. The van der Waals surface area contributed by atoms with Crippen molar-refractivity contribution in [3.05, 3.63) is 53.5 Å². The second kappa shape index (κ2) is 8.28. The lowest BCUT2D eigenvalue weighted by atomic mass is 10.1. The van der Waals surface area contributed by atoms with Crippen molar-refractivity contribution in [2.75, 3.05) is 13.1 Å². The van der Waals surface area contributed by atoms with Crippen LogP contribution in [-0.4, -0.2) is 29.9 Å². The van der Waals surface area contributed by atoms with Gasteiger partial charge in [-0.15, -0.1) is 17.8 Å². The minimum atomic E-state index is -0.312. The number of rotatable bonds is 6. The maximum absolute atomic E-state index is 12.0. The first-order chi connectivity index (χ1) is 12.7. The number of benzene rings is 2. The maximum Gasteiger partial charge on any atom is 0.240 e. The Hall–Kier alpha value is -3.17. The standard InChI is InChI=1S/C20H17N3O2S/c1-2-10-21-19(25)13-22-18(24)12-20-23-16-9-8-15(11-17(16)26-20)14-6-4-3-5-7-14/h1,3-9,11H,10,12-13H2,(H,21,25)(H,22,24). The molecule has 6 heteroatoms. The Morgan fingerprint density at radius 1 is 1.04 bits per heavy atom. The molecule has 1 aromatic heterocycles. The van der Waals surface area contributed by atoms with Crippen LogP contribution in [-0.2, 0) is 16.0 Å². The average molecular weight is 363 g/mol. The molecule has 130 valence electrons. The van der Waals surface area contributed by atoms with E-state index in [1.807, 2.05) is 30.3 Å². The van der Waals surface area contributed by atoms with E-state index < -0.39 is 0 Å².